The molecule has 0 bridgehead atoms. The Morgan fingerprint density at radius 1 is 0.935 bits per heavy atom. The number of rotatable bonds is 12. The van der Waals surface area contributed by atoms with Gasteiger partial charge in [-0.05, 0) is 105 Å². The number of carbonyl (C=O) groups is 1. The summed E-state index contributed by atoms with van der Waals surface area (Å²) in [4.78, 5) is 31.2. The van der Waals surface area contributed by atoms with Crippen LogP contribution in [0.25, 0.3) is 22.0 Å². The number of piperidine rings is 1. The molecular weight excluding hydrogens is 830 g/mol. The van der Waals surface area contributed by atoms with E-state index in [2.05, 4.69) is 31.5 Å². The molecule has 1 unspecified atom stereocenters. The largest absolute Gasteiger partial charge is 0.490 e. The molecule has 9 rings (SSSR count). The normalized spacial score (nSPS) is 23.7. The van der Waals surface area contributed by atoms with E-state index in [1.165, 1.54) is 0 Å². The van der Waals surface area contributed by atoms with E-state index in [0.717, 1.165) is 92.4 Å². The first-order chi connectivity index (χ1) is 30.0. The first-order valence-electron chi connectivity index (χ1n) is 21.6. The third-order valence-electron chi connectivity index (χ3n) is 13.0. The number of benzene rings is 2. The Balaban J connectivity index is 0.726. The van der Waals surface area contributed by atoms with Gasteiger partial charge in [0.05, 0.1) is 33.8 Å². The minimum Gasteiger partial charge on any atom is -0.490 e. The lowest BCUT2D eigenvalue weighted by Crippen LogP contribution is -2.41. The van der Waals surface area contributed by atoms with Gasteiger partial charge in [-0.2, -0.15) is 5.26 Å². The number of ether oxygens (including phenoxy) is 3. The standard InChI is InChI=1S/C46H50ClN7O7S/c1-53-26-38(36-14-17-49-44(36)46(53)56)37-21-29(42-3-2-20-62(42,57)58)5-12-41(37)61-35-22-34(23-35)59-27-28-15-18-54(19-16-28)43-13-11-40(51-52-43)45(55)50-31-6-9-32(10-7-31)60-33-8-4-30(25-48)39(47)24-33/h4-5,8,11-14,17,21,24,26,28,31-32,34-35,42,49H,2-3,6-7,9-10,15-16,18-20,22-23,27H2,1H3,(H,50,55). The van der Waals surface area contributed by atoms with Crippen molar-refractivity contribution in [2.45, 2.75) is 93.8 Å². The van der Waals surface area contributed by atoms with Crippen LogP contribution >= 0.6 is 11.6 Å². The third-order valence-corrected chi connectivity index (χ3v) is 15.5. The maximum atomic E-state index is 13.0. The molecule has 1 amide bonds. The quantitative estimate of drug-likeness (QED) is 0.131. The highest BCUT2D eigenvalue weighted by Crippen LogP contribution is 2.42. The lowest BCUT2D eigenvalue weighted by atomic mass is 9.90. The molecule has 0 spiro atoms. The number of pyridine rings is 1. The zero-order valence-corrected chi connectivity index (χ0v) is 36.2. The summed E-state index contributed by atoms with van der Waals surface area (Å²) < 4.78 is 46.4. The maximum absolute atomic E-state index is 13.0. The SMILES string of the molecule is Cn1cc(-c2cc(C3CCCS3(=O)=O)ccc2OC2CC(OCC3CCN(c4ccc(C(=O)NC5CCC(Oc6ccc(C#N)c(Cl)c6)CC5)nn4)CC3)C2)c2cc[nH]c2c1=O. The van der Waals surface area contributed by atoms with Gasteiger partial charge in [-0.25, -0.2) is 8.42 Å². The van der Waals surface area contributed by atoms with Gasteiger partial charge in [0, 0.05) is 80.6 Å². The second-order valence-electron chi connectivity index (χ2n) is 17.2. The van der Waals surface area contributed by atoms with Crippen LogP contribution in [0.2, 0.25) is 5.02 Å². The Morgan fingerprint density at radius 3 is 2.45 bits per heavy atom. The zero-order chi connectivity index (χ0) is 43.0. The van der Waals surface area contributed by atoms with Gasteiger partial charge in [0.15, 0.2) is 21.3 Å². The van der Waals surface area contributed by atoms with Crippen LogP contribution < -0.4 is 25.2 Å². The molecule has 2 aromatic carbocycles. The van der Waals surface area contributed by atoms with Crippen LogP contribution in [0.15, 0.2) is 71.8 Å². The van der Waals surface area contributed by atoms with Crippen LogP contribution in [0.1, 0.15) is 91.1 Å². The van der Waals surface area contributed by atoms with E-state index in [-0.39, 0.29) is 41.6 Å². The summed E-state index contributed by atoms with van der Waals surface area (Å²) in [7, 11) is -1.51. The monoisotopic (exact) mass is 879 g/mol. The summed E-state index contributed by atoms with van der Waals surface area (Å²) in [6.45, 7) is 2.32. The molecule has 4 fully saturated rings. The Morgan fingerprint density at radius 2 is 1.74 bits per heavy atom. The van der Waals surface area contributed by atoms with Crippen molar-refractivity contribution in [1.82, 2.24) is 25.1 Å². The molecule has 16 heteroatoms. The summed E-state index contributed by atoms with van der Waals surface area (Å²) in [6, 6.07) is 18.4. The lowest BCUT2D eigenvalue weighted by Gasteiger charge is -2.38. The predicted molar refractivity (Wildman–Crippen MR) is 235 cm³/mol. The highest BCUT2D eigenvalue weighted by Gasteiger charge is 2.36. The number of hydrogen-bond donors (Lipinski definition) is 2. The molecule has 2 aliphatic carbocycles. The highest BCUT2D eigenvalue weighted by molar-refractivity contribution is 7.91. The molecule has 1 atom stereocenters. The third kappa shape index (κ3) is 8.91. The van der Waals surface area contributed by atoms with Crippen LogP contribution in [0, 0.1) is 17.2 Å². The summed E-state index contributed by atoms with van der Waals surface area (Å²) in [6.07, 6.45) is 11.4. The number of nitriles is 1. The molecule has 3 aromatic heterocycles. The number of nitrogens with zero attached hydrogens (tertiary/aromatic N) is 5. The summed E-state index contributed by atoms with van der Waals surface area (Å²) in [5.74, 6) is 2.45. The summed E-state index contributed by atoms with van der Waals surface area (Å²) in [5, 5.41) is 21.5. The van der Waals surface area contributed by atoms with Gasteiger partial charge in [0.2, 0.25) is 0 Å². The topological polar surface area (TPSA) is 182 Å². The number of carbonyl (C=O) groups excluding carboxylic acids is 1. The van der Waals surface area contributed by atoms with Crippen molar-refractivity contribution in [2.75, 3.05) is 30.3 Å². The van der Waals surface area contributed by atoms with Crippen molar-refractivity contribution in [1.29, 1.82) is 5.26 Å². The van der Waals surface area contributed by atoms with Crippen LogP contribution in [0.4, 0.5) is 5.82 Å². The minimum atomic E-state index is -3.22. The Hall–Kier alpha value is -5.43. The lowest BCUT2D eigenvalue weighted by molar-refractivity contribution is -0.0727. The smallest absolute Gasteiger partial charge is 0.274 e. The van der Waals surface area contributed by atoms with Crippen LogP contribution in [0.5, 0.6) is 11.5 Å². The zero-order valence-electron chi connectivity index (χ0n) is 34.6. The number of nitrogens with one attached hydrogen (secondary N) is 2. The molecule has 324 valence electrons. The Bertz CT molecular complexity index is 2660. The second kappa shape index (κ2) is 17.7. The van der Waals surface area contributed by atoms with E-state index >= 15 is 0 Å². The second-order valence-corrected chi connectivity index (χ2v) is 19.9. The Kier molecular flexibility index (Phi) is 12.0. The van der Waals surface area contributed by atoms with Crippen molar-refractivity contribution >= 4 is 44.1 Å². The molecule has 5 heterocycles. The number of H-pyrrole nitrogens is 1. The number of hydrogen-bond acceptors (Lipinski definition) is 11. The van der Waals surface area contributed by atoms with Gasteiger partial charge in [0.1, 0.15) is 29.2 Å². The molecule has 2 saturated heterocycles. The average Bonchev–Trinajstić information content (AvgIpc) is 3.90. The van der Waals surface area contributed by atoms with Gasteiger partial charge < -0.3 is 34.0 Å². The molecule has 5 aromatic rings. The van der Waals surface area contributed by atoms with Gasteiger partial charge >= 0.3 is 0 Å². The Labute approximate surface area is 365 Å². The molecular formula is C46H50ClN7O7S. The number of amides is 1. The van der Waals surface area contributed by atoms with Gasteiger partial charge in [-0.15, -0.1) is 10.2 Å². The maximum Gasteiger partial charge on any atom is 0.274 e. The van der Waals surface area contributed by atoms with E-state index in [9.17, 15) is 18.0 Å². The number of halogens is 1. The number of fused-ring (bicyclic) bond motifs is 1. The van der Waals surface area contributed by atoms with Crippen molar-refractivity contribution in [3.8, 4) is 28.7 Å². The molecule has 4 aliphatic rings. The van der Waals surface area contributed by atoms with Gasteiger partial charge in [0.25, 0.3) is 11.5 Å². The first-order valence-corrected chi connectivity index (χ1v) is 23.7. The van der Waals surface area contributed by atoms with Crippen LogP contribution in [-0.4, -0.2) is 83.9 Å². The fourth-order valence-corrected chi connectivity index (χ4v) is 11.4. The van der Waals surface area contributed by atoms with E-state index < -0.39 is 15.1 Å². The number of aromatic amines is 1. The fraction of sp³-hybridized carbons (Fsp3) is 0.457. The minimum absolute atomic E-state index is 0.0168. The first kappa shape index (κ1) is 41.9. The van der Waals surface area contributed by atoms with Gasteiger partial charge in [-0.1, -0.05) is 17.7 Å². The van der Waals surface area contributed by atoms with Crippen LogP contribution in [-0.2, 0) is 21.6 Å². The summed E-state index contributed by atoms with van der Waals surface area (Å²) >= 11 is 6.15. The number of aryl methyl sites for hydroxylation is 1. The molecule has 2 N–H and O–H groups in total. The molecule has 0 radical (unpaired) electrons. The number of anilines is 1. The van der Waals surface area contributed by atoms with Crippen molar-refractivity contribution in [2.24, 2.45) is 13.0 Å². The molecule has 2 aliphatic heterocycles. The van der Waals surface area contributed by atoms with Gasteiger partial charge in [-0.3, -0.25) is 9.59 Å². The number of aromatic nitrogens is 4. The molecule has 2 saturated carbocycles. The van der Waals surface area contributed by atoms with Crippen molar-refractivity contribution in [3.05, 3.63) is 99.2 Å². The van der Waals surface area contributed by atoms with Crippen LogP contribution in [0.3, 0.4) is 0 Å². The average molecular weight is 880 g/mol. The van der Waals surface area contributed by atoms with E-state index in [1.807, 2.05) is 30.3 Å². The number of sulfone groups is 1. The van der Waals surface area contributed by atoms with E-state index in [4.69, 9.17) is 31.1 Å². The predicted octanol–water partition coefficient (Wildman–Crippen LogP) is 7.06. The summed E-state index contributed by atoms with van der Waals surface area (Å²) in [5.41, 5.74) is 3.41. The van der Waals surface area contributed by atoms with E-state index in [1.54, 1.807) is 48.3 Å². The molecule has 14 nitrogen and oxygen atoms in total. The van der Waals surface area contributed by atoms with Crippen molar-refractivity contribution in [3.63, 3.8) is 0 Å². The fourth-order valence-electron chi connectivity index (χ4n) is 9.29. The van der Waals surface area contributed by atoms with E-state index in [0.29, 0.717) is 58.7 Å². The van der Waals surface area contributed by atoms with Crippen molar-refractivity contribution < 1.29 is 27.4 Å². The highest BCUT2D eigenvalue weighted by atomic mass is 35.5. The molecule has 62 heavy (non-hydrogen) atoms.